The molecule has 1 aromatic rings. The van der Waals surface area contributed by atoms with Crippen LogP contribution in [-0.2, 0) is 17.6 Å². The van der Waals surface area contributed by atoms with Gasteiger partial charge in [-0.25, -0.2) is 0 Å². The Balaban J connectivity index is 1.85. The number of carbonyl (C=O) groups excluding carboxylic acids is 1. The zero-order valence-electron chi connectivity index (χ0n) is 12.4. The molecule has 1 aliphatic carbocycles. The van der Waals surface area contributed by atoms with E-state index in [4.69, 9.17) is 4.74 Å². The molecule has 0 fully saturated rings. The van der Waals surface area contributed by atoms with E-state index in [1.54, 1.807) is 11.3 Å². The predicted molar refractivity (Wildman–Crippen MR) is 83.6 cm³/mol. The van der Waals surface area contributed by atoms with Gasteiger partial charge in [-0.2, -0.15) is 0 Å². The summed E-state index contributed by atoms with van der Waals surface area (Å²) in [7, 11) is 0. The van der Waals surface area contributed by atoms with E-state index < -0.39 is 0 Å². The van der Waals surface area contributed by atoms with Crippen molar-refractivity contribution >= 4 is 17.2 Å². The molecular weight excluding hydrogens is 270 g/mol. The minimum absolute atomic E-state index is 0.0817. The summed E-state index contributed by atoms with van der Waals surface area (Å²) in [5, 5.41) is 2.99. The molecule has 0 bridgehead atoms. The van der Waals surface area contributed by atoms with E-state index in [1.165, 1.54) is 36.1 Å². The summed E-state index contributed by atoms with van der Waals surface area (Å²) < 4.78 is 5.27. The van der Waals surface area contributed by atoms with Gasteiger partial charge >= 0.3 is 0 Å². The first kappa shape index (κ1) is 15.5. The topological polar surface area (TPSA) is 38.3 Å². The highest BCUT2D eigenvalue weighted by Gasteiger charge is 2.15. The summed E-state index contributed by atoms with van der Waals surface area (Å²) in [5.74, 6) is 0.0817. The van der Waals surface area contributed by atoms with Crippen LogP contribution in [0.15, 0.2) is 6.07 Å². The number of hydrogen-bond acceptors (Lipinski definition) is 3. The first-order valence-electron chi connectivity index (χ1n) is 7.78. The van der Waals surface area contributed by atoms with Gasteiger partial charge in [0.2, 0.25) is 0 Å². The summed E-state index contributed by atoms with van der Waals surface area (Å²) in [6, 6.07) is 2.11. The molecule has 1 heterocycles. The first-order chi connectivity index (χ1) is 9.81. The molecule has 2 rings (SSSR count). The van der Waals surface area contributed by atoms with E-state index >= 15 is 0 Å². The number of carbonyl (C=O) groups is 1. The lowest BCUT2D eigenvalue weighted by Gasteiger charge is -2.07. The smallest absolute Gasteiger partial charge is 0.261 e. The van der Waals surface area contributed by atoms with Crippen LogP contribution in [0, 0.1) is 0 Å². The van der Waals surface area contributed by atoms with E-state index in [0.717, 1.165) is 37.4 Å². The molecule has 0 saturated heterocycles. The van der Waals surface area contributed by atoms with Crippen molar-refractivity contribution in [3.05, 3.63) is 21.4 Å². The van der Waals surface area contributed by atoms with Crippen LogP contribution in [0.3, 0.4) is 0 Å². The van der Waals surface area contributed by atoms with Gasteiger partial charge in [0.25, 0.3) is 5.91 Å². The maximum atomic E-state index is 12.1. The summed E-state index contributed by atoms with van der Waals surface area (Å²) >= 11 is 1.69. The quantitative estimate of drug-likeness (QED) is 0.815. The van der Waals surface area contributed by atoms with Gasteiger partial charge in [-0.3, -0.25) is 4.79 Å². The fraction of sp³-hybridized carbons (Fsp3) is 0.688. The third-order valence-electron chi connectivity index (χ3n) is 3.68. The fourth-order valence-electron chi connectivity index (χ4n) is 2.56. The largest absolute Gasteiger partial charge is 0.382 e. The van der Waals surface area contributed by atoms with Crippen molar-refractivity contribution < 1.29 is 9.53 Å². The van der Waals surface area contributed by atoms with Crippen molar-refractivity contribution in [3.8, 4) is 0 Å². The highest BCUT2D eigenvalue weighted by molar-refractivity contribution is 7.14. The molecule has 0 spiro atoms. The van der Waals surface area contributed by atoms with E-state index in [2.05, 4.69) is 11.4 Å². The van der Waals surface area contributed by atoms with Crippen LogP contribution < -0.4 is 5.32 Å². The van der Waals surface area contributed by atoms with Gasteiger partial charge in [-0.15, -0.1) is 11.3 Å². The Morgan fingerprint density at radius 1 is 1.30 bits per heavy atom. The Morgan fingerprint density at radius 2 is 2.10 bits per heavy atom. The molecule has 112 valence electrons. The van der Waals surface area contributed by atoms with Crippen molar-refractivity contribution in [2.45, 2.75) is 51.9 Å². The van der Waals surface area contributed by atoms with Crippen LogP contribution >= 0.6 is 11.3 Å². The number of ether oxygens (including phenoxy) is 1. The third kappa shape index (κ3) is 4.60. The van der Waals surface area contributed by atoms with Gasteiger partial charge in [0.05, 0.1) is 4.88 Å². The Labute approximate surface area is 125 Å². The number of fused-ring (bicyclic) bond motifs is 1. The van der Waals surface area contributed by atoms with E-state index in [-0.39, 0.29) is 5.91 Å². The molecular formula is C16H25NO2S. The predicted octanol–water partition coefficient (Wildman–Crippen LogP) is 3.56. The molecule has 0 aliphatic heterocycles. The minimum atomic E-state index is 0.0817. The molecule has 0 aromatic carbocycles. The van der Waals surface area contributed by atoms with Crippen LogP contribution in [-0.4, -0.2) is 25.7 Å². The lowest BCUT2D eigenvalue weighted by Crippen LogP contribution is -2.24. The molecule has 1 aliphatic rings. The number of amides is 1. The van der Waals surface area contributed by atoms with Gasteiger partial charge in [0.1, 0.15) is 0 Å². The van der Waals surface area contributed by atoms with E-state index in [1.807, 2.05) is 6.92 Å². The molecule has 0 radical (unpaired) electrons. The highest BCUT2D eigenvalue weighted by Crippen LogP contribution is 2.28. The normalized spacial score (nSPS) is 15.2. The van der Waals surface area contributed by atoms with Crippen LogP contribution in [0.4, 0.5) is 0 Å². The molecule has 1 amide bonds. The number of aryl methyl sites for hydroxylation is 2. The van der Waals surface area contributed by atoms with Crippen molar-refractivity contribution in [1.82, 2.24) is 5.32 Å². The van der Waals surface area contributed by atoms with Gasteiger partial charge in [0.15, 0.2) is 0 Å². The second kappa shape index (κ2) is 8.42. The van der Waals surface area contributed by atoms with Crippen LogP contribution in [0.25, 0.3) is 0 Å². The average Bonchev–Trinajstić information content (AvgIpc) is 2.81. The SMILES string of the molecule is CCOCCCNC(=O)c1cc2c(s1)CCCCCC2. The lowest BCUT2D eigenvalue weighted by atomic mass is 10.00. The summed E-state index contributed by atoms with van der Waals surface area (Å²) in [6.45, 7) is 4.14. The molecule has 0 saturated carbocycles. The monoisotopic (exact) mass is 295 g/mol. The van der Waals surface area contributed by atoms with Crippen molar-refractivity contribution in [3.63, 3.8) is 0 Å². The Hall–Kier alpha value is -0.870. The number of nitrogens with one attached hydrogen (secondary N) is 1. The second-order valence-electron chi connectivity index (χ2n) is 5.28. The third-order valence-corrected chi connectivity index (χ3v) is 4.91. The van der Waals surface area contributed by atoms with Gasteiger partial charge in [-0.05, 0) is 50.7 Å². The Morgan fingerprint density at radius 3 is 2.90 bits per heavy atom. The van der Waals surface area contributed by atoms with Crippen molar-refractivity contribution in [1.29, 1.82) is 0 Å². The minimum Gasteiger partial charge on any atom is -0.382 e. The van der Waals surface area contributed by atoms with Crippen LogP contribution in [0.2, 0.25) is 0 Å². The summed E-state index contributed by atoms with van der Waals surface area (Å²) in [4.78, 5) is 14.4. The standard InChI is InChI=1S/C16H25NO2S/c1-2-19-11-7-10-17-16(18)15-12-13-8-5-3-4-6-9-14(13)20-15/h12H,2-11H2,1H3,(H,17,18). The molecule has 1 aromatic heterocycles. The van der Waals surface area contributed by atoms with E-state index in [0.29, 0.717) is 6.54 Å². The van der Waals surface area contributed by atoms with E-state index in [9.17, 15) is 4.79 Å². The van der Waals surface area contributed by atoms with Crippen molar-refractivity contribution in [2.75, 3.05) is 19.8 Å². The van der Waals surface area contributed by atoms with Crippen molar-refractivity contribution in [2.24, 2.45) is 0 Å². The molecule has 0 atom stereocenters. The summed E-state index contributed by atoms with van der Waals surface area (Å²) in [6.07, 6.45) is 8.36. The molecule has 4 heteroatoms. The molecule has 0 unspecified atom stereocenters. The Bertz CT molecular complexity index is 403. The van der Waals surface area contributed by atoms with Crippen LogP contribution in [0.1, 0.15) is 59.1 Å². The summed E-state index contributed by atoms with van der Waals surface area (Å²) in [5.41, 5.74) is 1.41. The number of thiophene rings is 1. The zero-order valence-corrected chi connectivity index (χ0v) is 13.2. The zero-order chi connectivity index (χ0) is 14.2. The maximum Gasteiger partial charge on any atom is 0.261 e. The van der Waals surface area contributed by atoms with Gasteiger partial charge < -0.3 is 10.1 Å². The maximum absolute atomic E-state index is 12.1. The average molecular weight is 295 g/mol. The fourth-order valence-corrected chi connectivity index (χ4v) is 3.73. The lowest BCUT2D eigenvalue weighted by molar-refractivity contribution is 0.0948. The van der Waals surface area contributed by atoms with Gasteiger partial charge in [-0.1, -0.05) is 12.8 Å². The van der Waals surface area contributed by atoms with Gasteiger partial charge in [0, 0.05) is 24.6 Å². The highest BCUT2D eigenvalue weighted by atomic mass is 32.1. The number of rotatable bonds is 6. The van der Waals surface area contributed by atoms with Crippen LogP contribution in [0.5, 0.6) is 0 Å². The molecule has 1 N–H and O–H groups in total. The second-order valence-corrected chi connectivity index (χ2v) is 6.42. The Kier molecular flexibility index (Phi) is 6.54. The number of hydrogen-bond donors (Lipinski definition) is 1. The molecule has 3 nitrogen and oxygen atoms in total. The first-order valence-corrected chi connectivity index (χ1v) is 8.60. The molecule has 20 heavy (non-hydrogen) atoms.